The minimum Gasteiger partial charge on any atom is -0.205 e. The van der Waals surface area contributed by atoms with E-state index in [1.807, 2.05) is 0 Å². The number of hydrogen-bond donors (Lipinski definition) is 0. The number of alkyl halides is 2. The quantitative estimate of drug-likeness (QED) is 0.446. The molecule has 0 atom stereocenters. The highest BCUT2D eigenvalue weighted by Crippen LogP contribution is 2.29. The topological polar surface area (TPSA) is 0 Å². The largest absolute Gasteiger partial charge is 0.316 e. The molecule has 0 nitrogen and oxygen atoms in total. The maximum Gasteiger partial charge on any atom is 0.316 e. The fraction of sp³-hybridized carbons (Fsp3) is 0.333. The molecule has 50 valence electrons. The first-order valence-corrected chi connectivity index (χ1v) is 2.54. The van der Waals surface area contributed by atoms with E-state index in [0.29, 0.717) is 6.08 Å². The second kappa shape index (κ2) is 1.90. The lowest BCUT2D eigenvalue weighted by Crippen LogP contribution is -2.14. The fourth-order valence-corrected chi connectivity index (χ4v) is 0.603. The van der Waals surface area contributed by atoms with E-state index in [1.54, 1.807) is 0 Å². The van der Waals surface area contributed by atoms with Crippen molar-refractivity contribution in [1.82, 2.24) is 0 Å². The Labute approximate surface area is 50.7 Å². The molecule has 3 heteroatoms. The van der Waals surface area contributed by atoms with Crippen LogP contribution in [0.5, 0.6) is 0 Å². The molecule has 0 spiro atoms. The van der Waals surface area contributed by atoms with Gasteiger partial charge in [0.05, 0.1) is 0 Å². The van der Waals surface area contributed by atoms with Crippen LogP contribution in [-0.4, -0.2) is 5.92 Å². The van der Waals surface area contributed by atoms with Crippen molar-refractivity contribution in [3.8, 4) is 0 Å². The number of hydrogen-bond acceptors (Lipinski definition) is 0. The Hall–Kier alpha value is -0.730. The molecular weight excluding hydrogens is 129 g/mol. The molecule has 0 N–H and O–H groups in total. The predicted molar refractivity (Wildman–Crippen MR) is 27.9 cm³/mol. The van der Waals surface area contributed by atoms with Crippen molar-refractivity contribution >= 4 is 0 Å². The van der Waals surface area contributed by atoms with Gasteiger partial charge in [0.2, 0.25) is 0 Å². The first kappa shape index (κ1) is 6.39. The third-order valence-electron chi connectivity index (χ3n) is 1.08. The summed E-state index contributed by atoms with van der Waals surface area (Å²) in [5, 5.41) is 0. The lowest BCUT2D eigenvalue weighted by atomic mass is 10.1. The summed E-state index contributed by atoms with van der Waals surface area (Å²) in [5.74, 6) is -4.69. The Bertz CT molecular complexity index is 167. The first-order valence-electron chi connectivity index (χ1n) is 2.54. The lowest BCUT2D eigenvalue weighted by Gasteiger charge is -2.11. The fourth-order valence-electron chi connectivity index (χ4n) is 0.603. The smallest absolute Gasteiger partial charge is 0.205 e. The van der Waals surface area contributed by atoms with Gasteiger partial charge in [0.25, 0.3) is 0 Å². The van der Waals surface area contributed by atoms with Gasteiger partial charge in [-0.05, 0) is 18.6 Å². The van der Waals surface area contributed by atoms with E-state index < -0.39 is 11.7 Å². The molecule has 0 aromatic carbocycles. The van der Waals surface area contributed by atoms with E-state index in [0.717, 1.165) is 6.08 Å². The van der Waals surface area contributed by atoms with Crippen LogP contribution in [0.25, 0.3) is 0 Å². The second-order valence-corrected chi connectivity index (χ2v) is 1.81. The standard InChI is InChI=1S/C6H5F3/c7-5-3-1-2-4-6(5,8)9/h2-4H,1H2. The Morgan fingerprint density at radius 1 is 1.44 bits per heavy atom. The summed E-state index contributed by atoms with van der Waals surface area (Å²) in [5.41, 5.74) is 0. The minimum atomic E-state index is -3.35. The van der Waals surface area contributed by atoms with E-state index in [9.17, 15) is 13.2 Å². The molecule has 0 saturated heterocycles. The Morgan fingerprint density at radius 3 is 2.44 bits per heavy atom. The molecule has 0 amide bonds. The molecular formula is C6H5F3. The summed E-state index contributed by atoms with van der Waals surface area (Å²) in [6.45, 7) is 0. The highest BCUT2D eigenvalue weighted by atomic mass is 19.3. The van der Waals surface area contributed by atoms with Gasteiger partial charge >= 0.3 is 5.92 Å². The van der Waals surface area contributed by atoms with Crippen molar-refractivity contribution in [2.45, 2.75) is 12.3 Å². The zero-order chi connectivity index (χ0) is 6.91. The Kier molecular flexibility index (Phi) is 1.35. The van der Waals surface area contributed by atoms with Crippen LogP contribution in [0.1, 0.15) is 6.42 Å². The summed E-state index contributed by atoms with van der Waals surface area (Å²) in [7, 11) is 0. The highest BCUT2D eigenvalue weighted by Gasteiger charge is 2.32. The van der Waals surface area contributed by atoms with Crippen LogP contribution in [0.2, 0.25) is 0 Å². The van der Waals surface area contributed by atoms with Crippen LogP contribution in [-0.2, 0) is 0 Å². The van der Waals surface area contributed by atoms with Gasteiger partial charge in [0, 0.05) is 0 Å². The monoisotopic (exact) mass is 134 g/mol. The number of allylic oxidation sites excluding steroid dienone is 4. The van der Waals surface area contributed by atoms with Gasteiger partial charge in [-0.25, -0.2) is 4.39 Å². The number of halogens is 3. The molecule has 1 aliphatic rings. The number of rotatable bonds is 0. The zero-order valence-corrected chi connectivity index (χ0v) is 4.57. The van der Waals surface area contributed by atoms with Crippen molar-refractivity contribution in [3.05, 3.63) is 24.1 Å². The average Bonchev–Trinajstić information content (AvgIpc) is 1.77. The third-order valence-corrected chi connectivity index (χ3v) is 1.08. The highest BCUT2D eigenvalue weighted by molar-refractivity contribution is 5.20. The summed E-state index contributed by atoms with van der Waals surface area (Å²) in [6.07, 6.45) is 2.95. The lowest BCUT2D eigenvalue weighted by molar-refractivity contribution is 0.0682. The maximum absolute atomic E-state index is 12.1. The van der Waals surface area contributed by atoms with Gasteiger partial charge < -0.3 is 0 Å². The van der Waals surface area contributed by atoms with Gasteiger partial charge in [0.15, 0.2) is 5.83 Å². The molecule has 0 aromatic rings. The zero-order valence-electron chi connectivity index (χ0n) is 4.57. The molecule has 0 radical (unpaired) electrons. The van der Waals surface area contributed by atoms with Gasteiger partial charge in [-0.15, -0.1) is 0 Å². The summed E-state index contributed by atoms with van der Waals surface area (Å²) >= 11 is 0. The average molecular weight is 134 g/mol. The molecule has 9 heavy (non-hydrogen) atoms. The minimum absolute atomic E-state index is 0.265. The van der Waals surface area contributed by atoms with E-state index in [1.165, 1.54) is 6.08 Å². The van der Waals surface area contributed by atoms with E-state index in [2.05, 4.69) is 0 Å². The second-order valence-electron chi connectivity index (χ2n) is 1.81. The van der Waals surface area contributed by atoms with Crippen molar-refractivity contribution in [2.75, 3.05) is 0 Å². The normalized spacial score (nSPS) is 23.7. The Balaban J connectivity index is 2.83. The SMILES string of the molecule is FC1=CCC=CC1(F)F. The van der Waals surface area contributed by atoms with Crippen LogP contribution in [0.3, 0.4) is 0 Å². The summed E-state index contributed by atoms with van der Waals surface area (Å²) in [6, 6.07) is 0. The maximum atomic E-state index is 12.1. The molecule has 0 unspecified atom stereocenters. The Morgan fingerprint density at radius 2 is 2.11 bits per heavy atom. The van der Waals surface area contributed by atoms with Crippen molar-refractivity contribution in [2.24, 2.45) is 0 Å². The van der Waals surface area contributed by atoms with Crippen LogP contribution in [0.4, 0.5) is 13.2 Å². The molecule has 0 bridgehead atoms. The van der Waals surface area contributed by atoms with E-state index in [-0.39, 0.29) is 6.42 Å². The predicted octanol–water partition coefficient (Wildman–Crippen LogP) is 2.44. The molecule has 0 fully saturated rings. The third kappa shape index (κ3) is 1.15. The molecule has 0 aliphatic heterocycles. The van der Waals surface area contributed by atoms with Gasteiger partial charge in [-0.1, -0.05) is 6.08 Å². The van der Waals surface area contributed by atoms with Crippen LogP contribution >= 0.6 is 0 Å². The summed E-state index contributed by atoms with van der Waals surface area (Å²) in [4.78, 5) is 0. The van der Waals surface area contributed by atoms with Crippen molar-refractivity contribution in [3.63, 3.8) is 0 Å². The van der Waals surface area contributed by atoms with Crippen LogP contribution in [0, 0.1) is 0 Å². The van der Waals surface area contributed by atoms with Crippen LogP contribution < -0.4 is 0 Å². The molecule has 0 heterocycles. The molecule has 0 saturated carbocycles. The molecule has 1 aliphatic carbocycles. The first-order chi connectivity index (χ1) is 4.13. The van der Waals surface area contributed by atoms with E-state index in [4.69, 9.17) is 0 Å². The van der Waals surface area contributed by atoms with Crippen molar-refractivity contribution in [1.29, 1.82) is 0 Å². The van der Waals surface area contributed by atoms with Crippen LogP contribution in [0.15, 0.2) is 24.1 Å². The van der Waals surface area contributed by atoms with Gasteiger partial charge in [0.1, 0.15) is 0 Å². The van der Waals surface area contributed by atoms with Crippen molar-refractivity contribution < 1.29 is 13.2 Å². The summed E-state index contributed by atoms with van der Waals surface area (Å²) < 4.78 is 36.2. The van der Waals surface area contributed by atoms with E-state index >= 15 is 0 Å². The molecule has 0 aromatic heterocycles. The van der Waals surface area contributed by atoms with Gasteiger partial charge in [-0.3, -0.25) is 0 Å². The molecule has 1 rings (SSSR count). The van der Waals surface area contributed by atoms with Gasteiger partial charge in [-0.2, -0.15) is 8.78 Å².